The van der Waals surface area contributed by atoms with Crippen molar-refractivity contribution in [3.05, 3.63) is 0 Å². The van der Waals surface area contributed by atoms with Gasteiger partial charge < -0.3 is 10.4 Å². The minimum Gasteiger partial charge on any atom is -0.480 e. The summed E-state index contributed by atoms with van der Waals surface area (Å²) in [5.41, 5.74) is -0.825. The maximum Gasteiger partial charge on any atom is 0.329 e. The second-order valence-corrected chi connectivity index (χ2v) is 6.21. The SMILES string of the molecule is CC(=O)NC1(C(=O)O)CCC(C(C)(C)C)CC1. The van der Waals surface area contributed by atoms with Gasteiger partial charge in [0.2, 0.25) is 5.91 Å². The maximum atomic E-state index is 11.4. The van der Waals surface area contributed by atoms with Gasteiger partial charge in [-0.25, -0.2) is 4.79 Å². The Kier molecular flexibility index (Phi) is 3.84. The molecule has 0 aromatic rings. The monoisotopic (exact) mass is 241 g/mol. The average Bonchev–Trinajstić information content (AvgIpc) is 2.15. The van der Waals surface area contributed by atoms with Gasteiger partial charge in [-0.2, -0.15) is 0 Å². The first kappa shape index (κ1) is 14.0. The van der Waals surface area contributed by atoms with Gasteiger partial charge >= 0.3 is 5.97 Å². The van der Waals surface area contributed by atoms with Gasteiger partial charge in [0.1, 0.15) is 5.54 Å². The van der Waals surface area contributed by atoms with Gasteiger partial charge in [-0.1, -0.05) is 20.8 Å². The summed E-state index contributed by atoms with van der Waals surface area (Å²) in [6, 6.07) is 0. The molecule has 0 atom stereocenters. The fourth-order valence-corrected chi connectivity index (χ4v) is 2.71. The molecule has 0 aromatic carbocycles. The molecule has 0 aliphatic heterocycles. The highest BCUT2D eigenvalue weighted by molar-refractivity contribution is 5.86. The molecule has 0 heterocycles. The third kappa shape index (κ3) is 3.20. The summed E-state index contributed by atoms with van der Waals surface area (Å²) in [5.74, 6) is -0.634. The van der Waals surface area contributed by atoms with Crippen molar-refractivity contribution in [2.45, 2.75) is 58.9 Å². The molecule has 0 bridgehead atoms. The van der Waals surface area contributed by atoms with Crippen molar-refractivity contribution in [2.24, 2.45) is 11.3 Å². The molecule has 0 radical (unpaired) electrons. The highest BCUT2D eigenvalue weighted by atomic mass is 16.4. The summed E-state index contributed by atoms with van der Waals surface area (Å²) in [6.45, 7) is 7.93. The first-order chi connectivity index (χ1) is 7.67. The molecule has 0 spiro atoms. The second-order valence-electron chi connectivity index (χ2n) is 6.21. The largest absolute Gasteiger partial charge is 0.480 e. The molecule has 0 saturated heterocycles. The molecular formula is C13H23NO3. The fraction of sp³-hybridized carbons (Fsp3) is 0.846. The Hall–Kier alpha value is -1.06. The quantitative estimate of drug-likeness (QED) is 0.778. The van der Waals surface area contributed by atoms with Gasteiger partial charge in [0, 0.05) is 6.92 Å². The van der Waals surface area contributed by atoms with Crippen LogP contribution in [-0.4, -0.2) is 22.5 Å². The number of rotatable bonds is 2. The standard InChI is InChI=1S/C13H23NO3/c1-9(15)14-13(11(16)17)7-5-10(6-8-13)12(2,3)4/h10H,5-8H2,1-4H3,(H,14,15)(H,16,17). The zero-order valence-corrected chi connectivity index (χ0v) is 11.2. The molecule has 1 rings (SSSR count). The van der Waals surface area contributed by atoms with Crippen molar-refractivity contribution in [2.75, 3.05) is 0 Å². The summed E-state index contributed by atoms with van der Waals surface area (Å²) >= 11 is 0. The van der Waals surface area contributed by atoms with Crippen LogP contribution >= 0.6 is 0 Å². The summed E-state index contributed by atoms with van der Waals surface area (Å²) in [5, 5.41) is 11.9. The Morgan fingerprint density at radius 3 is 2.00 bits per heavy atom. The van der Waals surface area contributed by atoms with Crippen LogP contribution in [0.25, 0.3) is 0 Å². The van der Waals surface area contributed by atoms with Crippen molar-refractivity contribution in [3.8, 4) is 0 Å². The van der Waals surface area contributed by atoms with Crippen LogP contribution in [0.3, 0.4) is 0 Å². The third-order valence-electron chi connectivity index (χ3n) is 3.89. The van der Waals surface area contributed by atoms with Crippen LogP contribution < -0.4 is 5.32 Å². The molecule has 98 valence electrons. The number of carbonyl (C=O) groups is 2. The molecule has 1 amide bonds. The van der Waals surface area contributed by atoms with E-state index in [1.807, 2.05) is 0 Å². The lowest BCUT2D eigenvalue weighted by Crippen LogP contribution is -2.56. The van der Waals surface area contributed by atoms with E-state index in [1.165, 1.54) is 6.92 Å². The third-order valence-corrected chi connectivity index (χ3v) is 3.89. The zero-order chi connectivity index (χ0) is 13.3. The van der Waals surface area contributed by atoms with E-state index in [0.717, 1.165) is 12.8 Å². The molecule has 1 fully saturated rings. The van der Waals surface area contributed by atoms with Crippen LogP contribution in [0.5, 0.6) is 0 Å². The van der Waals surface area contributed by atoms with Crippen LogP contribution in [0, 0.1) is 11.3 Å². The van der Waals surface area contributed by atoms with E-state index in [9.17, 15) is 14.7 Å². The van der Waals surface area contributed by atoms with Crippen LogP contribution in [0.1, 0.15) is 53.4 Å². The topological polar surface area (TPSA) is 66.4 Å². The molecule has 0 aromatic heterocycles. The number of amides is 1. The van der Waals surface area contributed by atoms with Crippen molar-refractivity contribution in [1.29, 1.82) is 0 Å². The van der Waals surface area contributed by atoms with E-state index in [-0.39, 0.29) is 11.3 Å². The lowest BCUT2D eigenvalue weighted by Gasteiger charge is -2.41. The molecule has 0 unspecified atom stereocenters. The Bertz CT molecular complexity index is 309. The van der Waals surface area contributed by atoms with E-state index in [4.69, 9.17) is 0 Å². The predicted molar refractivity (Wildman–Crippen MR) is 65.6 cm³/mol. The van der Waals surface area contributed by atoms with Gasteiger partial charge in [0.25, 0.3) is 0 Å². The lowest BCUT2D eigenvalue weighted by molar-refractivity contribution is -0.149. The van der Waals surface area contributed by atoms with Crippen LogP contribution in [-0.2, 0) is 9.59 Å². The van der Waals surface area contributed by atoms with E-state index >= 15 is 0 Å². The first-order valence-corrected chi connectivity index (χ1v) is 6.19. The molecule has 17 heavy (non-hydrogen) atoms. The van der Waals surface area contributed by atoms with Crippen LogP contribution in [0.15, 0.2) is 0 Å². The fourth-order valence-electron chi connectivity index (χ4n) is 2.71. The van der Waals surface area contributed by atoms with Gasteiger partial charge in [0.05, 0.1) is 0 Å². The van der Waals surface area contributed by atoms with Gasteiger partial charge in [0.15, 0.2) is 0 Å². The summed E-state index contributed by atoms with van der Waals surface area (Å²) in [6.07, 6.45) is 2.78. The first-order valence-electron chi connectivity index (χ1n) is 6.19. The normalized spacial score (nSPS) is 29.8. The predicted octanol–water partition coefficient (Wildman–Crippen LogP) is 2.18. The highest BCUT2D eigenvalue weighted by Gasteiger charge is 2.44. The molecule has 4 heteroatoms. The summed E-state index contributed by atoms with van der Waals surface area (Å²) < 4.78 is 0. The number of carboxylic acids is 1. The van der Waals surface area contributed by atoms with Crippen molar-refractivity contribution >= 4 is 11.9 Å². The highest BCUT2D eigenvalue weighted by Crippen LogP contribution is 2.41. The van der Waals surface area contributed by atoms with Gasteiger partial charge in [-0.05, 0) is 37.0 Å². The Balaban J connectivity index is 2.75. The summed E-state index contributed by atoms with van der Waals surface area (Å²) in [4.78, 5) is 22.5. The molecule has 4 nitrogen and oxygen atoms in total. The van der Waals surface area contributed by atoms with Crippen molar-refractivity contribution in [3.63, 3.8) is 0 Å². The van der Waals surface area contributed by atoms with E-state index in [1.54, 1.807) is 0 Å². The zero-order valence-electron chi connectivity index (χ0n) is 11.2. The second kappa shape index (κ2) is 4.67. The van der Waals surface area contributed by atoms with E-state index < -0.39 is 11.5 Å². The minimum atomic E-state index is -1.03. The van der Waals surface area contributed by atoms with Crippen molar-refractivity contribution in [1.82, 2.24) is 5.32 Å². The maximum absolute atomic E-state index is 11.4. The van der Waals surface area contributed by atoms with E-state index in [2.05, 4.69) is 26.1 Å². The number of aliphatic carboxylic acids is 1. The number of hydrogen-bond donors (Lipinski definition) is 2. The van der Waals surface area contributed by atoms with Crippen molar-refractivity contribution < 1.29 is 14.7 Å². The minimum absolute atomic E-state index is 0.209. The number of carbonyl (C=O) groups excluding carboxylic acids is 1. The Morgan fingerprint density at radius 1 is 1.24 bits per heavy atom. The van der Waals surface area contributed by atoms with Crippen LogP contribution in [0.2, 0.25) is 0 Å². The van der Waals surface area contributed by atoms with E-state index in [0.29, 0.717) is 18.8 Å². The molecular weight excluding hydrogens is 218 g/mol. The van der Waals surface area contributed by atoms with Gasteiger partial charge in [-0.15, -0.1) is 0 Å². The number of nitrogens with one attached hydrogen (secondary N) is 1. The molecule has 1 saturated carbocycles. The molecule has 2 N–H and O–H groups in total. The number of carboxylic acid groups (broad SMARTS) is 1. The van der Waals surface area contributed by atoms with Gasteiger partial charge in [-0.3, -0.25) is 4.79 Å². The van der Waals surface area contributed by atoms with Crippen LogP contribution in [0.4, 0.5) is 0 Å². The molecule has 1 aliphatic carbocycles. The number of hydrogen-bond acceptors (Lipinski definition) is 2. The Morgan fingerprint density at radius 2 is 1.71 bits per heavy atom. The summed E-state index contributed by atoms with van der Waals surface area (Å²) in [7, 11) is 0. The Labute approximate surface area is 103 Å². The average molecular weight is 241 g/mol. The molecule has 1 aliphatic rings. The lowest BCUT2D eigenvalue weighted by atomic mass is 9.67. The smallest absolute Gasteiger partial charge is 0.329 e.